The topological polar surface area (TPSA) is 67.8 Å². The van der Waals surface area contributed by atoms with E-state index in [1.54, 1.807) is 36.4 Å². The predicted molar refractivity (Wildman–Crippen MR) is 122 cm³/mol. The Morgan fingerprint density at radius 2 is 1.48 bits per heavy atom. The number of amides is 1. The molecule has 4 rings (SSSR count). The molecule has 1 N–H and O–H groups in total. The maximum atomic E-state index is 12.6. The van der Waals surface area contributed by atoms with Crippen molar-refractivity contribution in [2.75, 3.05) is 0 Å². The van der Waals surface area contributed by atoms with Gasteiger partial charge in [-0.25, -0.2) is 10.2 Å². The van der Waals surface area contributed by atoms with Crippen LogP contribution in [0.4, 0.5) is 0 Å². The molecule has 0 aliphatic heterocycles. The van der Waals surface area contributed by atoms with Gasteiger partial charge in [-0.05, 0) is 65.2 Å². The third kappa shape index (κ3) is 4.67. The molecule has 0 aromatic heterocycles. The van der Waals surface area contributed by atoms with Gasteiger partial charge in [0.05, 0.1) is 11.8 Å². The largest absolute Gasteiger partial charge is 0.423 e. The Kier molecular flexibility index (Phi) is 5.85. The average Bonchev–Trinajstić information content (AvgIpc) is 2.80. The summed E-state index contributed by atoms with van der Waals surface area (Å²) in [6, 6.07) is 27.4. The first-order valence-electron chi connectivity index (χ1n) is 9.81. The third-order valence-corrected chi connectivity index (χ3v) is 4.87. The fourth-order valence-corrected chi connectivity index (χ4v) is 3.24. The summed E-state index contributed by atoms with van der Waals surface area (Å²) in [6.45, 7) is 1.87. The van der Waals surface area contributed by atoms with Gasteiger partial charge in [-0.3, -0.25) is 4.79 Å². The highest BCUT2D eigenvalue weighted by molar-refractivity contribution is 6.05. The molecule has 0 bridgehead atoms. The minimum absolute atomic E-state index is 0.269. The van der Waals surface area contributed by atoms with Gasteiger partial charge in [0.15, 0.2) is 0 Å². The van der Waals surface area contributed by atoms with Crippen molar-refractivity contribution >= 4 is 28.9 Å². The molecule has 0 saturated carbocycles. The van der Waals surface area contributed by atoms with E-state index in [1.807, 2.05) is 61.5 Å². The number of carbonyl (C=O) groups excluding carboxylic acids is 2. The number of benzene rings is 4. The van der Waals surface area contributed by atoms with Gasteiger partial charge in [-0.15, -0.1) is 0 Å². The first-order chi connectivity index (χ1) is 15.1. The number of aryl methyl sites for hydroxylation is 1. The summed E-state index contributed by atoms with van der Waals surface area (Å²) in [5.74, 6) is -0.252. The van der Waals surface area contributed by atoms with Crippen LogP contribution in [0.3, 0.4) is 0 Å². The number of nitrogens with one attached hydrogen (secondary N) is 1. The highest BCUT2D eigenvalue weighted by Crippen LogP contribution is 2.21. The van der Waals surface area contributed by atoms with Crippen LogP contribution < -0.4 is 10.2 Å². The van der Waals surface area contributed by atoms with Crippen molar-refractivity contribution in [3.63, 3.8) is 0 Å². The lowest BCUT2D eigenvalue weighted by Gasteiger charge is -2.07. The minimum Gasteiger partial charge on any atom is -0.423 e. The number of nitrogens with zero attached hydrogens (tertiary/aromatic N) is 1. The Labute approximate surface area is 180 Å². The first kappa shape index (κ1) is 20.0. The summed E-state index contributed by atoms with van der Waals surface area (Å²) in [5.41, 5.74) is 5.26. The van der Waals surface area contributed by atoms with Gasteiger partial charge in [0.2, 0.25) is 0 Å². The van der Waals surface area contributed by atoms with Gasteiger partial charge >= 0.3 is 5.97 Å². The van der Waals surface area contributed by atoms with Crippen molar-refractivity contribution in [3.05, 3.63) is 113 Å². The van der Waals surface area contributed by atoms with E-state index < -0.39 is 5.97 Å². The molecule has 0 unspecified atom stereocenters. The highest BCUT2D eigenvalue weighted by atomic mass is 16.5. The lowest BCUT2D eigenvalue weighted by Crippen LogP contribution is -2.18. The van der Waals surface area contributed by atoms with Crippen LogP contribution in [0.2, 0.25) is 0 Å². The van der Waals surface area contributed by atoms with Crippen LogP contribution >= 0.6 is 0 Å². The molecule has 31 heavy (non-hydrogen) atoms. The second-order valence-corrected chi connectivity index (χ2v) is 7.00. The number of hydrazone groups is 1. The van der Waals surface area contributed by atoms with Gasteiger partial charge in [0, 0.05) is 5.56 Å². The molecular formula is C26H20N2O3. The van der Waals surface area contributed by atoms with Crippen LogP contribution in [0.5, 0.6) is 5.75 Å². The molecule has 4 aromatic carbocycles. The zero-order valence-electron chi connectivity index (χ0n) is 16.9. The molecule has 152 valence electrons. The molecule has 0 radical (unpaired) electrons. The van der Waals surface area contributed by atoms with E-state index in [0.717, 1.165) is 21.9 Å². The molecule has 0 aliphatic carbocycles. The first-order valence-corrected chi connectivity index (χ1v) is 9.81. The van der Waals surface area contributed by atoms with Gasteiger partial charge in [0.1, 0.15) is 5.75 Å². The molecule has 0 saturated heterocycles. The average molecular weight is 408 g/mol. The Morgan fingerprint density at radius 3 is 2.29 bits per heavy atom. The number of hydrogen-bond acceptors (Lipinski definition) is 4. The maximum Gasteiger partial charge on any atom is 0.344 e. The van der Waals surface area contributed by atoms with Crippen LogP contribution in [0, 0.1) is 6.92 Å². The summed E-state index contributed by atoms with van der Waals surface area (Å²) in [6.07, 6.45) is 1.53. The van der Waals surface area contributed by atoms with Crippen LogP contribution in [0.15, 0.2) is 96.1 Å². The van der Waals surface area contributed by atoms with E-state index in [9.17, 15) is 9.59 Å². The summed E-state index contributed by atoms with van der Waals surface area (Å²) in [7, 11) is 0. The number of esters is 1. The highest BCUT2D eigenvalue weighted by Gasteiger charge is 2.12. The van der Waals surface area contributed by atoms with Gasteiger partial charge < -0.3 is 4.74 Å². The Bertz CT molecular complexity index is 1270. The number of rotatable bonds is 5. The molecule has 0 heterocycles. The van der Waals surface area contributed by atoms with Crippen molar-refractivity contribution in [2.24, 2.45) is 5.10 Å². The zero-order valence-corrected chi connectivity index (χ0v) is 16.9. The molecule has 0 fully saturated rings. The monoisotopic (exact) mass is 408 g/mol. The predicted octanol–water partition coefficient (Wildman–Crippen LogP) is 5.13. The Morgan fingerprint density at radius 1 is 0.806 bits per heavy atom. The van der Waals surface area contributed by atoms with Gasteiger partial charge in [0.25, 0.3) is 5.91 Å². The van der Waals surface area contributed by atoms with Crippen molar-refractivity contribution in [3.8, 4) is 5.75 Å². The van der Waals surface area contributed by atoms with E-state index in [4.69, 9.17) is 4.74 Å². The molecule has 0 aliphatic rings. The smallest absolute Gasteiger partial charge is 0.344 e. The summed E-state index contributed by atoms with van der Waals surface area (Å²) >= 11 is 0. The number of fused-ring (bicyclic) bond motifs is 1. The Hall–Kier alpha value is -4.25. The lowest BCUT2D eigenvalue weighted by atomic mass is 10.0. The van der Waals surface area contributed by atoms with Crippen molar-refractivity contribution < 1.29 is 14.3 Å². The van der Waals surface area contributed by atoms with Gasteiger partial charge in [-0.1, -0.05) is 54.6 Å². The molecule has 0 spiro atoms. The van der Waals surface area contributed by atoms with E-state index in [2.05, 4.69) is 10.5 Å². The van der Waals surface area contributed by atoms with E-state index in [0.29, 0.717) is 16.9 Å². The molecule has 0 atom stereocenters. The quantitative estimate of drug-likeness (QED) is 0.215. The molecule has 4 aromatic rings. The summed E-state index contributed by atoms with van der Waals surface area (Å²) in [5, 5.41) is 5.83. The van der Waals surface area contributed by atoms with Crippen LogP contribution in [-0.4, -0.2) is 18.1 Å². The molecule has 1 amide bonds. The fourth-order valence-electron chi connectivity index (χ4n) is 3.24. The van der Waals surface area contributed by atoms with Crippen molar-refractivity contribution in [1.29, 1.82) is 0 Å². The van der Waals surface area contributed by atoms with E-state index in [1.165, 1.54) is 6.21 Å². The van der Waals surface area contributed by atoms with E-state index >= 15 is 0 Å². The number of ether oxygens (including phenoxy) is 1. The number of hydrogen-bond donors (Lipinski definition) is 1. The lowest BCUT2D eigenvalue weighted by molar-refractivity contribution is 0.0736. The number of carbonyl (C=O) groups is 2. The zero-order chi connectivity index (χ0) is 21.6. The molecule has 5 nitrogen and oxygen atoms in total. The fraction of sp³-hybridized carbons (Fsp3) is 0.0385. The minimum atomic E-state index is -0.413. The van der Waals surface area contributed by atoms with Crippen LogP contribution in [0.25, 0.3) is 10.8 Å². The summed E-state index contributed by atoms with van der Waals surface area (Å²) in [4.78, 5) is 24.8. The normalized spacial score (nSPS) is 10.9. The molecular weight excluding hydrogens is 388 g/mol. The Balaban J connectivity index is 1.40. The summed E-state index contributed by atoms with van der Waals surface area (Å²) < 4.78 is 5.52. The van der Waals surface area contributed by atoms with E-state index in [-0.39, 0.29) is 5.91 Å². The second kappa shape index (κ2) is 9.05. The van der Waals surface area contributed by atoms with Gasteiger partial charge in [-0.2, -0.15) is 5.10 Å². The maximum absolute atomic E-state index is 12.6. The van der Waals surface area contributed by atoms with Crippen molar-refractivity contribution in [1.82, 2.24) is 5.43 Å². The standard InChI is InChI=1S/C26H20N2O3/c1-18-7-2-4-10-22(18)25(29)28-27-17-19-13-15-21(16-14-19)31-26(30)24-12-6-9-20-8-3-5-11-23(20)24/h2-17H,1H3,(H,28,29). The SMILES string of the molecule is Cc1ccccc1C(=O)NN=Cc1ccc(OC(=O)c2cccc3ccccc23)cc1. The second-order valence-electron chi connectivity index (χ2n) is 7.00. The van der Waals surface area contributed by atoms with Crippen molar-refractivity contribution in [2.45, 2.75) is 6.92 Å². The van der Waals surface area contributed by atoms with Crippen LogP contribution in [0.1, 0.15) is 31.8 Å². The molecule has 5 heteroatoms. The third-order valence-electron chi connectivity index (χ3n) is 4.87. The van der Waals surface area contributed by atoms with Crippen LogP contribution in [-0.2, 0) is 0 Å².